The number of rotatable bonds is 8. The molecule has 0 aliphatic rings. The summed E-state index contributed by atoms with van der Waals surface area (Å²) in [6.45, 7) is 2.71. The fraction of sp³-hybridized carbons (Fsp3) is 0.208. The number of esters is 1. The molecule has 2 aromatic carbocycles. The molecule has 0 unspecified atom stereocenters. The van der Waals surface area contributed by atoms with Crippen LogP contribution in [0.4, 0.5) is 0 Å². The maximum atomic E-state index is 12.0. The minimum atomic E-state index is -0.391. The van der Waals surface area contributed by atoms with Crippen LogP contribution in [0, 0.1) is 18.3 Å². The normalized spacial score (nSPS) is 10.2. The SMILES string of the molecule is COC(=O)c1ccc(OCCCOc2ccc(-c3cc(C)[nH]c(=O)c3C#N)cc2)cc1. The Hall–Kier alpha value is -4.05. The van der Waals surface area contributed by atoms with Gasteiger partial charge in [0.1, 0.15) is 23.1 Å². The van der Waals surface area contributed by atoms with Gasteiger partial charge in [-0.25, -0.2) is 4.79 Å². The second kappa shape index (κ2) is 10.1. The Morgan fingerprint density at radius 1 is 1.00 bits per heavy atom. The number of carbonyl (C=O) groups excluding carboxylic acids is 1. The monoisotopic (exact) mass is 418 g/mol. The molecule has 0 saturated heterocycles. The summed E-state index contributed by atoms with van der Waals surface area (Å²) in [6.07, 6.45) is 0.673. The molecule has 1 heterocycles. The first kappa shape index (κ1) is 21.7. The van der Waals surface area contributed by atoms with Crippen LogP contribution in [0.3, 0.4) is 0 Å². The van der Waals surface area contributed by atoms with E-state index in [0.29, 0.717) is 48.0 Å². The molecule has 0 aliphatic heterocycles. The van der Waals surface area contributed by atoms with E-state index in [9.17, 15) is 14.9 Å². The molecule has 7 nitrogen and oxygen atoms in total. The van der Waals surface area contributed by atoms with Gasteiger partial charge in [-0.3, -0.25) is 4.79 Å². The largest absolute Gasteiger partial charge is 0.493 e. The third-order valence-corrected chi connectivity index (χ3v) is 4.55. The van der Waals surface area contributed by atoms with Gasteiger partial charge < -0.3 is 19.2 Å². The van der Waals surface area contributed by atoms with Crippen molar-refractivity contribution in [1.29, 1.82) is 5.26 Å². The van der Waals surface area contributed by atoms with Gasteiger partial charge >= 0.3 is 5.97 Å². The Morgan fingerprint density at radius 2 is 1.58 bits per heavy atom. The number of nitrogens with one attached hydrogen (secondary N) is 1. The molecule has 158 valence electrons. The summed E-state index contributed by atoms with van der Waals surface area (Å²) < 4.78 is 16.0. The van der Waals surface area contributed by atoms with Crippen molar-refractivity contribution in [2.75, 3.05) is 20.3 Å². The van der Waals surface area contributed by atoms with Crippen molar-refractivity contribution in [3.05, 3.63) is 81.8 Å². The number of carbonyl (C=O) groups is 1. The second-order valence-electron chi connectivity index (χ2n) is 6.77. The summed E-state index contributed by atoms with van der Waals surface area (Å²) in [4.78, 5) is 26.0. The smallest absolute Gasteiger partial charge is 0.337 e. The van der Waals surface area contributed by atoms with E-state index in [2.05, 4.69) is 9.72 Å². The molecule has 0 atom stereocenters. The average Bonchev–Trinajstić information content (AvgIpc) is 2.78. The molecule has 1 aromatic heterocycles. The van der Waals surface area contributed by atoms with Crippen LogP contribution < -0.4 is 15.0 Å². The van der Waals surface area contributed by atoms with Gasteiger partial charge in [0.15, 0.2) is 0 Å². The third-order valence-electron chi connectivity index (χ3n) is 4.55. The van der Waals surface area contributed by atoms with Crippen molar-refractivity contribution < 1.29 is 19.0 Å². The number of methoxy groups -OCH3 is 1. The molecule has 0 saturated carbocycles. The highest BCUT2D eigenvalue weighted by atomic mass is 16.5. The molecule has 0 bridgehead atoms. The van der Waals surface area contributed by atoms with Crippen molar-refractivity contribution in [3.8, 4) is 28.7 Å². The molecule has 0 amide bonds. The first-order chi connectivity index (χ1) is 15.0. The lowest BCUT2D eigenvalue weighted by molar-refractivity contribution is 0.0600. The standard InChI is InChI=1S/C24H22N2O5/c1-16-14-21(22(15-25)23(27)26-16)17-4-8-19(9-5-17)30-12-3-13-31-20-10-6-18(7-11-20)24(28)29-2/h4-11,14H,3,12-13H2,1-2H3,(H,26,27). The van der Waals surface area contributed by atoms with Crippen LogP contribution in [0.2, 0.25) is 0 Å². The Balaban J connectivity index is 1.50. The highest BCUT2D eigenvalue weighted by Gasteiger charge is 2.10. The number of H-pyrrole nitrogens is 1. The first-order valence-corrected chi connectivity index (χ1v) is 9.70. The summed E-state index contributed by atoms with van der Waals surface area (Å²) in [5, 5.41) is 9.28. The molecular formula is C24H22N2O5. The van der Waals surface area contributed by atoms with Crippen molar-refractivity contribution in [2.45, 2.75) is 13.3 Å². The van der Waals surface area contributed by atoms with Gasteiger partial charge in [0.05, 0.1) is 25.9 Å². The van der Waals surface area contributed by atoms with Crippen LogP contribution in [0.1, 0.15) is 28.0 Å². The van der Waals surface area contributed by atoms with E-state index in [4.69, 9.17) is 9.47 Å². The average molecular weight is 418 g/mol. The van der Waals surface area contributed by atoms with E-state index in [0.717, 1.165) is 5.56 Å². The molecule has 0 aliphatic carbocycles. The van der Waals surface area contributed by atoms with Crippen molar-refractivity contribution >= 4 is 5.97 Å². The number of nitrogens with zero attached hydrogens (tertiary/aromatic N) is 1. The quantitative estimate of drug-likeness (QED) is 0.440. The number of aromatic amines is 1. The fourth-order valence-corrected chi connectivity index (χ4v) is 3.00. The molecule has 0 fully saturated rings. The number of aromatic nitrogens is 1. The van der Waals surface area contributed by atoms with Gasteiger partial charge in [-0.1, -0.05) is 12.1 Å². The number of hydrogen-bond donors (Lipinski definition) is 1. The lowest BCUT2D eigenvalue weighted by Gasteiger charge is -2.10. The zero-order valence-electron chi connectivity index (χ0n) is 17.3. The Morgan fingerprint density at radius 3 is 2.13 bits per heavy atom. The number of aryl methyl sites for hydroxylation is 1. The minimum absolute atomic E-state index is 0.0936. The molecule has 0 radical (unpaired) electrons. The Labute approximate surface area is 179 Å². The number of pyridine rings is 1. The Kier molecular flexibility index (Phi) is 7.07. The van der Waals surface area contributed by atoms with E-state index in [1.54, 1.807) is 49.4 Å². The van der Waals surface area contributed by atoms with Crippen molar-refractivity contribution in [1.82, 2.24) is 4.98 Å². The molecule has 3 rings (SSSR count). The van der Waals surface area contributed by atoms with E-state index in [1.165, 1.54) is 7.11 Å². The summed E-state index contributed by atoms with van der Waals surface area (Å²) in [6, 6.07) is 17.7. The van der Waals surface area contributed by atoms with Crippen molar-refractivity contribution in [2.24, 2.45) is 0 Å². The van der Waals surface area contributed by atoms with Crippen LogP contribution in [-0.4, -0.2) is 31.3 Å². The number of ether oxygens (including phenoxy) is 3. The van der Waals surface area contributed by atoms with Gasteiger partial charge in [-0.2, -0.15) is 5.26 Å². The van der Waals surface area contributed by atoms with Gasteiger partial charge in [-0.15, -0.1) is 0 Å². The number of nitriles is 1. The number of benzene rings is 2. The molecule has 3 aromatic rings. The van der Waals surface area contributed by atoms with Gasteiger partial charge in [0.25, 0.3) is 5.56 Å². The lowest BCUT2D eigenvalue weighted by Crippen LogP contribution is -2.12. The molecule has 31 heavy (non-hydrogen) atoms. The van der Waals surface area contributed by atoms with Gasteiger partial charge in [0.2, 0.25) is 0 Å². The van der Waals surface area contributed by atoms with Crippen LogP contribution in [0.15, 0.2) is 59.4 Å². The van der Waals surface area contributed by atoms with Crippen LogP contribution >= 0.6 is 0 Å². The maximum absolute atomic E-state index is 12.0. The van der Waals surface area contributed by atoms with E-state index in [1.807, 2.05) is 18.2 Å². The van der Waals surface area contributed by atoms with Gasteiger partial charge in [-0.05, 0) is 55.0 Å². The van der Waals surface area contributed by atoms with Gasteiger partial charge in [0, 0.05) is 17.7 Å². The van der Waals surface area contributed by atoms with E-state index >= 15 is 0 Å². The third kappa shape index (κ3) is 5.52. The summed E-state index contributed by atoms with van der Waals surface area (Å²) >= 11 is 0. The predicted octanol–water partition coefficient (Wildman–Crippen LogP) is 3.86. The summed E-state index contributed by atoms with van der Waals surface area (Å²) in [7, 11) is 1.34. The second-order valence-corrected chi connectivity index (χ2v) is 6.77. The topological polar surface area (TPSA) is 101 Å². The Bertz CT molecular complexity index is 1140. The highest BCUT2D eigenvalue weighted by Crippen LogP contribution is 2.24. The predicted molar refractivity (Wildman–Crippen MR) is 115 cm³/mol. The zero-order valence-corrected chi connectivity index (χ0v) is 17.3. The van der Waals surface area contributed by atoms with Crippen LogP contribution in [0.25, 0.3) is 11.1 Å². The molecule has 1 N–H and O–H groups in total. The first-order valence-electron chi connectivity index (χ1n) is 9.70. The highest BCUT2D eigenvalue weighted by molar-refractivity contribution is 5.89. The summed E-state index contributed by atoms with van der Waals surface area (Å²) in [5.74, 6) is 0.966. The molecular weight excluding hydrogens is 396 g/mol. The zero-order chi connectivity index (χ0) is 22.2. The molecule has 7 heteroatoms. The van der Waals surface area contributed by atoms with E-state index in [-0.39, 0.29) is 11.5 Å². The fourth-order valence-electron chi connectivity index (χ4n) is 3.00. The van der Waals surface area contributed by atoms with Crippen LogP contribution in [-0.2, 0) is 4.74 Å². The van der Waals surface area contributed by atoms with Crippen LogP contribution in [0.5, 0.6) is 11.5 Å². The van der Waals surface area contributed by atoms with Crippen molar-refractivity contribution in [3.63, 3.8) is 0 Å². The number of hydrogen-bond acceptors (Lipinski definition) is 6. The van der Waals surface area contributed by atoms with E-state index < -0.39 is 5.56 Å². The lowest BCUT2D eigenvalue weighted by atomic mass is 10.0. The minimum Gasteiger partial charge on any atom is -0.493 e. The maximum Gasteiger partial charge on any atom is 0.337 e. The summed E-state index contributed by atoms with van der Waals surface area (Å²) in [5.41, 5.74) is 2.24. The molecule has 0 spiro atoms.